The minimum Gasteiger partial charge on any atom is -0.345 e. The quantitative estimate of drug-likeness (QED) is 0.588. The molecule has 2 rings (SSSR count). The number of aryl methyl sites for hydroxylation is 1. The average molecular weight is 319 g/mol. The van der Waals surface area contributed by atoms with Crippen molar-refractivity contribution in [2.75, 3.05) is 12.2 Å². The monoisotopic (exact) mass is 318 g/mol. The second kappa shape index (κ2) is 6.84. The molecule has 1 aliphatic carbocycles. The van der Waals surface area contributed by atoms with Crippen molar-refractivity contribution in [3.8, 4) is 0 Å². The number of nitrogens with zero attached hydrogens (tertiary/aromatic N) is 2. The fraction of sp³-hybridized carbons (Fsp3) is 0.462. The summed E-state index contributed by atoms with van der Waals surface area (Å²) >= 11 is 14.2. The van der Waals surface area contributed by atoms with Gasteiger partial charge in [0, 0.05) is 29.9 Å². The summed E-state index contributed by atoms with van der Waals surface area (Å²) in [4.78, 5) is 4.03. The van der Waals surface area contributed by atoms with Gasteiger partial charge >= 0.3 is 0 Å². The van der Waals surface area contributed by atoms with Crippen molar-refractivity contribution < 1.29 is 4.74 Å². The van der Waals surface area contributed by atoms with Crippen molar-refractivity contribution in [3.05, 3.63) is 42.0 Å². The van der Waals surface area contributed by atoms with Gasteiger partial charge in [0.2, 0.25) is 0 Å². The third-order valence-corrected chi connectivity index (χ3v) is 4.07. The van der Waals surface area contributed by atoms with E-state index in [1.54, 1.807) is 30.4 Å². The van der Waals surface area contributed by atoms with Crippen molar-refractivity contribution in [2.45, 2.75) is 18.0 Å². The Morgan fingerprint density at radius 2 is 2.42 bits per heavy atom. The van der Waals surface area contributed by atoms with E-state index in [-0.39, 0.29) is 5.92 Å². The van der Waals surface area contributed by atoms with E-state index in [0.717, 1.165) is 13.0 Å². The summed E-state index contributed by atoms with van der Waals surface area (Å²) < 4.78 is 7.79. The van der Waals surface area contributed by atoms with Gasteiger partial charge in [-0.15, -0.1) is 11.8 Å². The lowest BCUT2D eigenvalue weighted by Crippen LogP contribution is -2.34. The Bertz CT molecular complexity index is 461. The molecule has 0 bridgehead atoms. The molecule has 0 radical (unpaired) electrons. The molecule has 104 valence electrons. The van der Waals surface area contributed by atoms with Crippen LogP contribution in [0.25, 0.3) is 0 Å². The number of hydrogen-bond donors (Lipinski definition) is 0. The summed E-state index contributed by atoms with van der Waals surface area (Å²) in [5.41, 5.74) is 0. The fourth-order valence-corrected chi connectivity index (χ4v) is 3.00. The van der Waals surface area contributed by atoms with E-state index >= 15 is 0 Å². The van der Waals surface area contributed by atoms with Crippen molar-refractivity contribution in [1.82, 2.24) is 9.55 Å². The lowest BCUT2D eigenvalue weighted by molar-refractivity contribution is 0.0525. The second-order valence-corrected chi connectivity index (χ2v) is 6.17. The van der Waals surface area contributed by atoms with E-state index < -0.39 is 5.06 Å². The van der Waals surface area contributed by atoms with Crippen LogP contribution in [0.2, 0.25) is 0 Å². The van der Waals surface area contributed by atoms with Crippen LogP contribution in [0.1, 0.15) is 6.42 Å². The van der Waals surface area contributed by atoms with Crippen LogP contribution in [0.15, 0.2) is 42.0 Å². The van der Waals surface area contributed by atoms with Gasteiger partial charge in [0.1, 0.15) is 0 Å². The Hall–Kier alpha value is -0.420. The lowest BCUT2D eigenvalue weighted by atomic mass is 9.93. The van der Waals surface area contributed by atoms with Gasteiger partial charge in [-0.3, -0.25) is 0 Å². The molecule has 6 heteroatoms. The van der Waals surface area contributed by atoms with Gasteiger partial charge in [0.15, 0.2) is 5.06 Å². The highest BCUT2D eigenvalue weighted by Crippen LogP contribution is 2.38. The van der Waals surface area contributed by atoms with E-state index in [2.05, 4.69) is 4.98 Å². The Morgan fingerprint density at radius 3 is 3.11 bits per heavy atom. The van der Waals surface area contributed by atoms with E-state index in [1.807, 2.05) is 29.2 Å². The summed E-state index contributed by atoms with van der Waals surface area (Å²) in [7, 11) is 0. The van der Waals surface area contributed by atoms with Crippen LogP contribution in [0.4, 0.5) is 0 Å². The lowest BCUT2D eigenvalue weighted by Gasteiger charge is -2.33. The number of thioether (sulfide) groups is 1. The Morgan fingerprint density at radius 1 is 1.58 bits per heavy atom. The smallest absolute Gasteiger partial charge is 0.169 e. The van der Waals surface area contributed by atoms with Crippen molar-refractivity contribution in [3.63, 3.8) is 0 Å². The highest BCUT2D eigenvalue weighted by Gasteiger charge is 2.36. The molecule has 2 unspecified atom stereocenters. The highest BCUT2D eigenvalue weighted by atomic mass is 35.5. The van der Waals surface area contributed by atoms with Crippen LogP contribution in [-0.2, 0) is 11.3 Å². The van der Waals surface area contributed by atoms with Gasteiger partial charge in [0.25, 0.3) is 0 Å². The third kappa shape index (κ3) is 4.02. The molecule has 1 heterocycles. The second-order valence-electron chi connectivity index (χ2n) is 4.33. The van der Waals surface area contributed by atoms with E-state index in [1.165, 1.54) is 0 Å². The number of allylic oxidation sites excluding steroid dienone is 2. The number of ether oxygens (including phenoxy) is 1. The third-order valence-electron chi connectivity index (χ3n) is 2.98. The summed E-state index contributed by atoms with van der Waals surface area (Å²) in [6.07, 6.45) is 14.0. The van der Waals surface area contributed by atoms with Crippen LogP contribution in [0.5, 0.6) is 0 Å². The molecule has 2 atom stereocenters. The van der Waals surface area contributed by atoms with E-state index in [0.29, 0.717) is 11.0 Å². The summed E-state index contributed by atoms with van der Waals surface area (Å²) in [5, 5.41) is -0.231. The van der Waals surface area contributed by atoms with Crippen molar-refractivity contribution >= 4 is 35.0 Å². The number of rotatable bonds is 6. The number of aromatic nitrogens is 2. The van der Waals surface area contributed by atoms with Gasteiger partial charge in [-0.05, 0) is 24.8 Å². The molecule has 0 aromatic carbocycles. The molecule has 0 saturated carbocycles. The molecular formula is C13H16Cl2N2OS. The van der Waals surface area contributed by atoms with Crippen LogP contribution < -0.4 is 0 Å². The predicted molar refractivity (Wildman–Crippen MR) is 81.5 cm³/mol. The highest BCUT2D eigenvalue weighted by molar-refractivity contribution is 7.98. The summed E-state index contributed by atoms with van der Waals surface area (Å²) in [6, 6.07) is 0. The molecule has 1 aromatic rings. The normalized spacial score (nSPS) is 26.5. The zero-order chi connectivity index (χ0) is 13.7. The number of halogens is 2. The maximum Gasteiger partial charge on any atom is 0.169 e. The van der Waals surface area contributed by atoms with Gasteiger partial charge < -0.3 is 9.30 Å². The standard InChI is InChI=1S/C13H16Cl2N2OS/c1-19-10-18-13(15)8-12(14)3-2-11(13)4-6-17-7-5-16-9-17/h2-3,5,7-9,11H,4,6,10H2,1H3. The Kier molecular flexibility index (Phi) is 5.39. The topological polar surface area (TPSA) is 27.1 Å². The molecule has 0 fully saturated rings. The number of hydrogen-bond acceptors (Lipinski definition) is 3. The molecular weight excluding hydrogens is 303 g/mol. The Labute approximate surface area is 127 Å². The molecule has 0 amide bonds. The fourth-order valence-electron chi connectivity index (χ4n) is 1.98. The van der Waals surface area contributed by atoms with Crippen LogP contribution in [0, 0.1) is 5.92 Å². The van der Waals surface area contributed by atoms with E-state index in [4.69, 9.17) is 27.9 Å². The SMILES string of the molecule is CSCOC1(Cl)C=C(Cl)C=CC1CCn1ccnc1. The molecule has 3 nitrogen and oxygen atoms in total. The maximum atomic E-state index is 6.58. The predicted octanol–water partition coefficient (Wildman–Crippen LogP) is 3.85. The maximum absolute atomic E-state index is 6.58. The molecule has 0 aliphatic heterocycles. The van der Waals surface area contributed by atoms with Gasteiger partial charge in [0.05, 0.1) is 12.3 Å². The zero-order valence-electron chi connectivity index (χ0n) is 10.6. The minimum atomic E-state index is -0.852. The first kappa shape index (κ1) is 15.0. The zero-order valence-corrected chi connectivity index (χ0v) is 13.0. The van der Waals surface area contributed by atoms with Crippen LogP contribution in [-0.4, -0.2) is 26.8 Å². The molecule has 19 heavy (non-hydrogen) atoms. The largest absolute Gasteiger partial charge is 0.345 e. The van der Waals surface area contributed by atoms with Crippen LogP contribution >= 0.6 is 35.0 Å². The van der Waals surface area contributed by atoms with Crippen molar-refractivity contribution in [2.24, 2.45) is 5.92 Å². The molecule has 1 aliphatic rings. The van der Waals surface area contributed by atoms with Gasteiger partial charge in [-0.25, -0.2) is 4.98 Å². The van der Waals surface area contributed by atoms with Crippen molar-refractivity contribution in [1.29, 1.82) is 0 Å². The molecule has 1 aromatic heterocycles. The summed E-state index contributed by atoms with van der Waals surface area (Å²) in [6.45, 7) is 0.845. The Balaban J connectivity index is 2.02. The molecule has 0 spiro atoms. The summed E-state index contributed by atoms with van der Waals surface area (Å²) in [5.74, 6) is 0.630. The first-order chi connectivity index (χ1) is 9.14. The molecule has 0 saturated heterocycles. The minimum absolute atomic E-state index is 0.0891. The van der Waals surface area contributed by atoms with E-state index in [9.17, 15) is 0 Å². The average Bonchev–Trinajstić information content (AvgIpc) is 2.88. The number of imidazole rings is 1. The first-order valence-electron chi connectivity index (χ1n) is 5.98. The number of alkyl halides is 1. The first-order valence-corrected chi connectivity index (χ1v) is 8.13. The van der Waals surface area contributed by atoms with Crippen LogP contribution in [0.3, 0.4) is 0 Å². The van der Waals surface area contributed by atoms with Gasteiger partial charge in [-0.1, -0.05) is 29.3 Å². The molecule has 0 N–H and O–H groups in total. The van der Waals surface area contributed by atoms with Gasteiger partial charge in [-0.2, -0.15) is 0 Å².